The molecule has 1 aliphatic heterocycles. The van der Waals surface area contributed by atoms with E-state index in [-0.39, 0.29) is 24.7 Å². The lowest BCUT2D eigenvalue weighted by molar-refractivity contribution is -0.141. The molecule has 1 unspecified atom stereocenters. The van der Waals surface area contributed by atoms with E-state index in [0.29, 0.717) is 6.54 Å². The lowest BCUT2D eigenvalue weighted by Crippen LogP contribution is -2.15. The molecular formula is C12H15NO3. The van der Waals surface area contributed by atoms with Crippen molar-refractivity contribution in [3.63, 3.8) is 0 Å². The van der Waals surface area contributed by atoms with E-state index in [1.165, 1.54) is 7.11 Å². The lowest BCUT2D eigenvalue weighted by Gasteiger charge is -2.03. The summed E-state index contributed by atoms with van der Waals surface area (Å²) in [5, 5.41) is 9.12. The van der Waals surface area contributed by atoms with Crippen molar-refractivity contribution in [2.24, 2.45) is 0 Å². The molecule has 1 N–H and O–H groups in total. The van der Waals surface area contributed by atoms with E-state index in [9.17, 15) is 4.79 Å². The molecule has 0 amide bonds. The average molecular weight is 221 g/mol. The Morgan fingerprint density at radius 2 is 2.12 bits per heavy atom. The highest BCUT2D eigenvalue weighted by molar-refractivity contribution is 5.80. The standard InChI is InChI=1S/C12H15NO3/c1-16-12(15)11-10(8-14)13(11)7-9-5-3-2-4-6-9/h2-6,10-11,14H,7-8H2,1H3/t10-,11+,13?/m1/s1. The Balaban J connectivity index is 1.99. The molecule has 4 heteroatoms. The summed E-state index contributed by atoms with van der Waals surface area (Å²) in [5.41, 5.74) is 1.13. The van der Waals surface area contributed by atoms with Crippen LogP contribution in [0.15, 0.2) is 30.3 Å². The fourth-order valence-electron chi connectivity index (χ4n) is 1.96. The normalized spacial score (nSPS) is 27.5. The summed E-state index contributed by atoms with van der Waals surface area (Å²) in [4.78, 5) is 13.3. The Morgan fingerprint density at radius 3 is 2.69 bits per heavy atom. The zero-order valence-electron chi connectivity index (χ0n) is 9.17. The van der Waals surface area contributed by atoms with Crippen molar-refractivity contribution in [1.29, 1.82) is 0 Å². The van der Waals surface area contributed by atoms with Crippen molar-refractivity contribution >= 4 is 5.97 Å². The number of carbonyl (C=O) groups is 1. The van der Waals surface area contributed by atoms with E-state index in [4.69, 9.17) is 5.11 Å². The van der Waals surface area contributed by atoms with E-state index >= 15 is 0 Å². The summed E-state index contributed by atoms with van der Waals surface area (Å²) in [5.74, 6) is -0.269. The third-order valence-corrected chi connectivity index (χ3v) is 2.90. The summed E-state index contributed by atoms with van der Waals surface area (Å²) in [6.45, 7) is 0.665. The van der Waals surface area contributed by atoms with E-state index in [0.717, 1.165) is 5.56 Å². The van der Waals surface area contributed by atoms with Gasteiger partial charge in [-0.25, -0.2) is 0 Å². The van der Waals surface area contributed by atoms with Crippen LogP contribution in [0.5, 0.6) is 0 Å². The van der Waals surface area contributed by atoms with Gasteiger partial charge in [0.1, 0.15) is 6.04 Å². The summed E-state index contributed by atoms with van der Waals surface area (Å²) in [7, 11) is 1.37. The second-order valence-corrected chi connectivity index (χ2v) is 3.88. The molecule has 1 saturated heterocycles. The third kappa shape index (κ3) is 2.08. The third-order valence-electron chi connectivity index (χ3n) is 2.90. The molecule has 1 aromatic carbocycles. The second kappa shape index (κ2) is 4.63. The molecule has 0 radical (unpaired) electrons. The van der Waals surface area contributed by atoms with E-state index in [1.54, 1.807) is 0 Å². The van der Waals surface area contributed by atoms with Gasteiger partial charge in [0.25, 0.3) is 0 Å². The lowest BCUT2D eigenvalue weighted by atomic mass is 10.2. The summed E-state index contributed by atoms with van der Waals surface area (Å²) in [6.07, 6.45) is 0. The summed E-state index contributed by atoms with van der Waals surface area (Å²) in [6, 6.07) is 9.50. The van der Waals surface area contributed by atoms with E-state index in [2.05, 4.69) is 4.74 Å². The number of rotatable bonds is 4. The largest absolute Gasteiger partial charge is 0.468 e. The molecule has 16 heavy (non-hydrogen) atoms. The van der Waals surface area contributed by atoms with Gasteiger partial charge < -0.3 is 9.84 Å². The van der Waals surface area contributed by atoms with Gasteiger partial charge in [-0.3, -0.25) is 9.69 Å². The summed E-state index contributed by atoms with van der Waals surface area (Å²) < 4.78 is 4.68. The molecule has 1 aromatic rings. The van der Waals surface area contributed by atoms with Crippen LogP contribution in [0.25, 0.3) is 0 Å². The maximum atomic E-state index is 11.4. The fourth-order valence-corrected chi connectivity index (χ4v) is 1.96. The van der Waals surface area contributed by atoms with E-state index < -0.39 is 0 Å². The van der Waals surface area contributed by atoms with Gasteiger partial charge in [-0.15, -0.1) is 0 Å². The van der Waals surface area contributed by atoms with Crippen molar-refractivity contribution in [2.75, 3.05) is 13.7 Å². The molecule has 0 spiro atoms. The highest BCUT2D eigenvalue weighted by atomic mass is 16.5. The Labute approximate surface area is 94.4 Å². The molecule has 0 aliphatic carbocycles. The fraction of sp³-hybridized carbons (Fsp3) is 0.417. The number of aliphatic hydroxyl groups excluding tert-OH is 1. The zero-order valence-corrected chi connectivity index (χ0v) is 9.17. The van der Waals surface area contributed by atoms with Gasteiger partial charge in [-0.2, -0.15) is 0 Å². The van der Waals surface area contributed by atoms with Gasteiger partial charge in [0, 0.05) is 6.54 Å². The average Bonchev–Trinajstić information content (AvgIpc) is 3.02. The zero-order chi connectivity index (χ0) is 11.5. The van der Waals surface area contributed by atoms with Gasteiger partial charge in [-0.05, 0) is 5.56 Å². The van der Waals surface area contributed by atoms with Crippen LogP contribution in [0.3, 0.4) is 0 Å². The molecule has 0 saturated carbocycles. The Bertz CT molecular complexity index is 366. The number of methoxy groups -OCH3 is 1. The Kier molecular flexibility index (Phi) is 3.22. The predicted octanol–water partition coefficient (Wildman–Crippen LogP) is 0.405. The van der Waals surface area contributed by atoms with Crippen LogP contribution in [0.2, 0.25) is 0 Å². The number of hydrogen-bond donors (Lipinski definition) is 1. The smallest absolute Gasteiger partial charge is 0.324 e. The van der Waals surface area contributed by atoms with Crippen molar-refractivity contribution in [2.45, 2.75) is 18.6 Å². The van der Waals surface area contributed by atoms with Crippen molar-refractivity contribution in [1.82, 2.24) is 4.90 Å². The predicted molar refractivity (Wildman–Crippen MR) is 58.7 cm³/mol. The minimum Gasteiger partial charge on any atom is -0.468 e. The van der Waals surface area contributed by atoms with E-state index in [1.807, 2.05) is 35.2 Å². The number of ether oxygens (including phenoxy) is 1. The molecule has 3 atom stereocenters. The van der Waals surface area contributed by atoms with Crippen LogP contribution in [0.1, 0.15) is 5.56 Å². The number of nitrogens with zero attached hydrogens (tertiary/aromatic N) is 1. The SMILES string of the molecule is COC(=O)[C@@H]1[C@@H](CO)N1Cc1ccccc1. The van der Waals surface area contributed by atoms with Gasteiger partial charge >= 0.3 is 5.97 Å². The number of hydrogen-bond acceptors (Lipinski definition) is 4. The maximum absolute atomic E-state index is 11.4. The van der Waals surface area contributed by atoms with Crippen LogP contribution in [-0.4, -0.2) is 41.8 Å². The molecule has 0 aromatic heterocycles. The molecule has 0 bridgehead atoms. The molecule has 86 valence electrons. The van der Waals surface area contributed by atoms with Gasteiger partial charge in [0.15, 0.2) is 0 Å². The second-order valence-electron chi connectivity index (χ2n) is 3.88. The van der Waals surface area contributed by atoms with Crippen molar-refractivity contribution in [3.8, 4) is 0 Å². The monoisotopic (exact) mass is 221 g/mol. The van der Waals surface area contributed by atoms with Crippen LogP contribution < -0.4 is 0 Å². The highest BCUT2D eigenvalue weighted by Crippen LogP contribution is 2.31. The first-order chi connectivity index (χ1) is 7.77. The minimum atomic E-state index is -0.282. The molecule has 1 aliphatic rings. The Morgan fingerprint density at radius 1 is 1.44 bits per heavy atom. The molecular weight excluding hydrogens is 206 g/mol. The Hall–Kier alpha value is -1.39. The quantitative estimate of drug-likeness (QED) is 0.591. The molecule has 1 fully saturated rings. The van der Waals surface area contributed by atoms with Gasteiger partial charge in [-0.1, -0.05) is 30.3 Å². The molecule has 2 rings (SSSR count). The highest BCUT2D eigenvalue weighted by Gasteiger charge is 2.52. The van der Waals surface area contributed by atoms with Crippen molar-refractivity contribution in [3.05, 3.63) is 35.9 Å². The minimum absolute atomic E-state index is 0.00734. The maximum Gasteiger partial charge on any atom is 0.324 e. The van der Waals surface area contributed by atoms with Crippen LogP contribution in [-0.2, 0) is 16.1 Å². The number of carbonyl (C=O) groups excluding carboxylic acids is 1. The number of benzene rings is 1. The first-order valence-corrected chi connectivity index (χ1v) is 5.26. The molecule has 4 nitrogen and oxygen atoms in total. The van der Waals surface area contributed by atoms with Crippen LogP contribution >= 0.6 is 0 Å². The first-order valence-electron chi connectivity index (χ1n) is 5.26. The van der Waals surface area contributed by atoms with Gasteiger partial charge in [0.05, 0.1) is 19.8 Å². The number of aliphatic hydroxyl groups is 1. The summed E-state index contributed by atoms with van der Waals surface area (Å²) >= 11 is 0. The topological polar surface area (TPSA) is 49.5 Å². The van der Waals surface area contributed by atoms with Gasteiger partial charge in [0.2, 0.25) is 0 Å². The van der Waals surface area contributed by atoms with Crippen LogP contribution in [0, 0.1) is 0 Å². The number of esters is 1. The first kappa shape index (κ1) is 11.1. The van der Waals surface area contributed by atoms with Crippen molar-refractivity contribution < 1.29 is 14.6 Å². The molecule has 1 heterocycles. The van der Waals surface area contributed by atoms with Crippen LogP contribution in [0.4, 0.5) is 0 Å².